The molecule has 72 valence electrons. The Morgan fingerprint density at radius 1 is 1.33 bits per heavy atom. The molecule has 0 saturated carbocycles. The summed E-state index contributed by atoms with van der Waals surface area (Å²) in [6.45, 7) is 0.495. The van der Waals surface area contributed by atoms with E-state index in [1.165, 1.54) is 7.11 Å². The van der Waals surface area contributed by atoms with Crippen LogP contribution in [0.1, 0.15) is 0 Å². The van der Waals surface area contributed by atoms with E-state index in [0.717, 1.165) is 0 Å². The lowest BCUT2D eigenvalue weighted by Gasteiger charge is -2.04. The standard InChI is InChI=1S/C6H9BrF2O3/c1-10-2-3-11-4-12-5(7)6(8)9/h2-4H2,1H3. The van der Waals surface area contributed by atoms with Gasteiger partial charge in [0.25, 0.3) is 0 Å². The maximum Gasteiger partial charge on any atom is 0.319 e. The fourth-order valence-corrected chi connectivity index (χ4v) is 0.443. The van der Waals surface area contributed by atoms with Gasteiger partial charge in [-0.05, 0) is 15.9 Å². The molecule has 0 radical (unpaired) electrons. The minimum Gasteiger partial charge on any atom is -0.455 e. The van der Waals surface area contributed by atoms with Crippen LogP contribution in [-0.2, 0) is 14.2 Å². The first-order valence-electron chi connectivity index (χ1n) is 3.08. The first-order chi connectivity index (χ1) is 5.68. The van der Waals surface area contributed by atoms with E-state index >= 15 is 0 Å². The number of halogens is 3. The Kier molecular flexibility index (Phi) is 7.33. The smallest absolute Gasteiger partial charge is 0.319 e. The molecule has 0 aromatic carbocycles. The first-order valence-corrected chi connectivity index (χ1v) is 3.88. The molecule has 0 atom stereocenters. The summed E-state index contributed by atoms with van der Waals surface area (Å²) in [6, 6.07) is 0. The Bertz CT molecular complexity index is 148. The van der Waals surface area contributed by atoms with Crippen molar-refractivity contribution >= 4 is 15.9 Å². The monoisotopic (exact) mass is 246 g/mol. The van der Waals surface area contributed by atoms with Gasteiger partial charge in [-0.2, -0.15) is 8.78 Å². The summed E-state index contributed by atoms with van der Waals surface area (Å²) in [4.78, 5) is 0. The van der Waals surface area contributed by atoms with Gasteiger partial charge in [-0.25, -0.2) is 0 Å². The van der Waals surface area contributed by atoms with Crippen molar-refractivity contribution in [3.8, 4) is 0 Å². The van der Waals surface area contributed by atoms with Crippen LogP contribution in [0.25, 0.3) is 0 Å². The zero-order valence-electron chi connectivity index (χ0n) is 6.48. The van der Waals surface area contributed by atoms with Crippen LogP contribution in [0.3, 0.4) is 0 Å². The fourth-order valence-electron chi connectivity index (χ4n) is 0.349. The Morgan fingerprint density at radius 3 is 2.50 bits per heavy atom. The van der Waals surface area contributed by atoms with E-state index in [1.54, 1.807) is 0 Å². The van der Waals surface area contributed by atoms with Crippen molar-refractivity contribution in [3.05, 3.63) is 10.7 Å². The predicted molar refractivity (Wildman–Crippen MR) is 41.9 cm³/mol. The van der Waals surface area contributed by atoms with E-state index in [-0.39, 0.29) is 6.79 Å². The molecule has 0 fully saturated rings. The molecular weight excluding hydrogens is 238 g/mol. The fraction of sp³-hybridized carbons (Fsp3) is 0.667. The lowest BCUT2D eigenvalue weighted by molar-refractivity contribution is -0.0350. The van der Waals surface area contributed by atoms with Crippen LogP contribution < -0.4 is 0 Å². The third kappa shape index (κ3) is 6.51. The largest absolute Gasteiger partial charge is 0.455 e. The van der Waals surface area contributed by atoms with E-state index < -0.39 is 10.7 Å². The van der Waals surface area contributed by atoms with E-state index in [1.807, 2.05) is 0 Å². The SMILES string of the molecule is COCCOCOC(Br)=C(F)F. The van der Waals surface area contributed by atoms with Crippen molar-refractivity contribution in [2.75, 3.05) is 27.1 Å². The first kappa shape index (κ1) is 11.8. The average molecular weight is 247 g/mol. The highest BCUT2D eigenvalue weighted by atomic mass is 79.9. The van der Waals surface area contributed by atoms with E-state index in [9.17, 15) is 8.78 Å². The van der Waals surface area contributed by atoms with Gasteiger partial charge >= 0.3 is 6.08 Å². The molecule has 0 rings (SSSR count). The van der Waals surface area contributed by atoms with Crippen LogP contribution in [-0.4, -0.2) is 27.1 Å². The maximum atomic E-state index is 11.6. The molecule has 0 amide bonds. The van der Waals surface area contributed by atoms with Gasteiger partial charge in [0, 0.05) is 7.11 Å². The quantitative estimate of drug-likeness (QED) is 0.408. The highest BCUT2D eigenvalue weighted by Gasteiger charge is 2.01. The summed E-state index contributed by atoms with van der Waals surface area (Å²) >= 11 is 2.51. The van der Waals surface area contributed by atoms with Crippen molar-refractivity contribution in [1.82, 2.24) is 0 Å². The highest BCUT2D eigenvalue weighted by Crippen LogP contribution is 2.15. The summed E-state index contributed by atoms with van der Waals surface area (Å²) < 4.78 is 36.5. The molecule has 0 aromatic rings. The Labute approximate surface area is 77.4 Å². The van der Waals surface area contributed by atoms with Crippen LogP contribution in [0.5, 0.6) is 0 Å². The second-order valence-corrected chi connectivity index (χ2v) is 2.42. The molecule has 0 aliphatic rings. The number of methoxy groups -OCH3 is 1. The third-order valence-corrected chi connectivity index (χ3v) is 1.38. The molecule has 3 nitrogen and oxygen atoms in total. The summed E-state index contributed by atoms with van der Waals surface area (Å²) in [6.07, 6.45) is -1.91. The van der Waals surface area contributed by atoms with Crippen molar-refractivity contribution < 1.29 is 23.0 Å². The molecule has 12 heavy (non-hydrogen) atoms. The van der Waals surface area contributed by atoms with Crippen molar-refractivity contribution in [2.45, 2.75) is 0 Å². The number of hydrogen-bond acceptors (Lipinski definition) is 3. The number of ether oxygens (including phenoxy) is 3. The van der Waals surface area contributed by atoms with Gasteiger partial charge in [-0.15, -0.1) is 0 Å². The normalized spacial score (nSPS) is 9.67. The van der Waals surface area contributed by atoms with E-state index in [0.29, 0.717) is 13.2 Å². The molecule has 0 heterocycles. The zero-order valence-corrected chi connectivity index (χ0v) is 8.07. The number of rotatable bonds is 6. The molecule has 6 heteroatoms. The van der Waals surface area contributed by atoms with Gasteiger partial charge in [-0.3, -0.25) is 0 Å². The van der Waals surface area contributed by atoms with Crippen molar-refractivity contribution in [2.24, 2.45) is 0 Å². The summed E-state index contributed by atoms with van der Waals surface area (Å²) in [5.74, 6) is 0. The molecule has 0 aliphatic heterocycles. The molecule has 0 aromatic heterocycles. The van der Waals surface area contributed by atoms with Crippen molar-refractivity contribution in [3.63, 3.8) is 0 Å². The topological polar surface area (TPSA) is 27.7 Å². The van der Waals surface area contributed by atoms with Gasteiger partial charge in [0.1, 0.15) is 0 Å². The highest BCUT2D eigenvalue weighted by molar-refractivity contribution is 9.11. The van der Waals surface area contributed by atoms with E-state index in [4.69, 9.17) is 4.74 Å². The Morgan fingerprint density at radius 2 is 2.00 bits per heavy atom. The molecule has 0 spiro atoms. The second kappa shape index (κ2) is 7.45. The Balaban J connectivity index is 3.26. The van der Waals surface area contributed by atoms with Crippen molar-refractivity contribution in [1.29, 1.82) is 0 Å². The predicted octanol–water partition coefficient (Wildman–Crippen LogP) is 2.08. The zero-order chi connectivity index (χ0) is 9.40. The minimum atomic E-state index is -1.91. The molecule has 0 aliphatic carbocycles. The van der Waals surface area contributed by atoms with Gasteiger partial charge in [-0.1, -0.05) is 0 Å². The van der Waals surface area contributed by atoms with Crippen LogP contribution in [0, 0.1) is 0 Å². The summed E-state index contributed by atoms with van der Waals surface area (Å²) in [5.41, 5.74) is 0. The number of hydrogen-bond donors (Lipinski definition) is 0. The van der Waals surface area contributed by atoms with Gasteiger partial charge in [0.15, 0.2) is 6.79 Å². The second-order valence-electron chi connectivity index (χ2n) is 1.70. The van der Waals surface area contributed by atoms with Gasteiger partial charge in [0.2, 0.25) is 4.67 Å². The molecular formula is C6H9BrF2O3. The molecule has 0 unspecified atom stereocenters. The van der Waals surface area contributed by atoms with Crippen LogP contribution in [0.4, 0.5) is 8.78 Å². The van der Waals surface area contributed by atoms with Gasteiger partial charge in [0.05, 0.1) is 13.2 Å². The molecule has 0 saturated heterocycles. The van der Waals surface area contributed by atoms with Crippen LogP contribution in [0.15, 0.2) is 10.7 Å². The third-order valence-electron chi connectivity index (χ3n) is 0.849. The molecule has 0 bridgehead atoms. The molecule has 0 N–H and O–H groups in total. The lowest BCUT2D eigenvalue weighted by Crippen LogP contribution is -2.04. The minimum absolute atomic E-state index is 0.221. The maximum absolute atomic E-state index is 11.6. The van der Waals surface area contributed by atoms with Crippen LogP contribution >= 0.6 is 15.9 Å². The van der Waals surface area contributed by atoms with Crippen LogP contribution in [0.2, 0.25) is 0 Å². The Hall–Kier alpha value is -0.200. The lowest BCUT2D eigenvalue weighted by atomic mass is 10.8. The van der Waals surface area contributed by atoms with Gasteiger partial charge < -0.3 is 14.2 Å². The van der Waals surface area contributed by atoms with E-state index in [2.05, 4.69) is 25.4 Å². The summed E-state index contributed by atoms with van der Waals surface area (Å²) in [5, 5.41) is 0. The average Bonchev–Trinajstić information content (AvgIpc) is 2.03. The summed E-state index contributed by atoms with van der Waals surface area (Å²) in [7, 11) is 1.52.